The fourth-order valence-electron chi connectivity index (χ4n) is 4.35. The number of H-pyrrole nitrogens is 1. The van der Waals surface area contributed by atoms with Gasteiger partial charge < -0.3 is 9.88 Å². The predicted molar refractivity (Wildman–Crippen MR) is 117 cm³/mol. The molecule has 146 valence electrons. The molecule has 0 saturated heterocycles. The maximum Gasteiger partial charge on any atom is 0.237 e. The smallest absolute Gasteiger partial charge is 0.237 e. The van der Waals surface area contributed by atoms with E-state index in [0.29, 0.717) is 11.7 Å². The maximum absolute atomic E-state index is 13.3. The van der Waals surface area contributed by atoms with E-state index in [9.17, 15) is 4.79 Å². The number of carbonyl (C=O) groups is 1. The van der Waals surface area contributed by atoms with Gasteiger partial charge in [-0.1, -0.05) is 36.9 Å². The number of benzene rings is 2. The van der Waals surface area contributed by atoms with E-state index in [1.807, 2.05) is 29.2 Å². The number of amides is 1. The topological polar surface area (TPSA) is 49.0 Å². The second-order valence-corrected chi connectivity index (χ2v) is 9.45. The van der Waals surface area contributed by atoms with Gasteiger partial charge in [-0.25, -0.2) is 4.98 Å². The van der Waals surface area contributed by atoms with Gasteiger partial charge in [0.2, 0.25) is 5.91 Å². The van der Waals surface area contributed by atoms with Gasteiger partial charge in [0.25, 0.3) is 0 Å². The molecule has 0 spiro atoms. The molecule has 1 aliphatic heterocycles. The van der Waals surface area contributed by atoms with Crippen molar-refractivity contribution >= 4 is 34.4 Å². The van der Waals surface area contributed by atoms with E-state index in [2.05, 4.69) is 56.7 Å². The number of hydrogen-bond donors (Lipinski definition) is 1. The molecule has 4 rings (SSSR count). The van der Waals surface area contributed by atoms with Crippen LogP contribution in [-0.4, -0.2) is 27.2 Å². The molecule has 0 aliphatic carbocycles. The number of nitrogens with one attached hydrogen (secondary N) is 1. The first-order chi connectivity index (χ1) is 13.3. The lowest BCUT2D eigenvalue weighted by Gasteiger charge is -2.46. The molecule has 0 saturated carbocycles. The Labute approximate surface area is 170 Å². The van der Waals surface area contributed by atoms with Gasteiger partial charge in [-0.05, 0) is 74.9 Å². The summed E-state index contributed by atoms with van der Waals surface area (Å²) in [5, 5.41) is 0.790. The molecular formula is C23H27N3OS. The van der Waals surface area contributed by atoms with Gasteiger partial charge in [-0.15, -0.1) is 0 Å². The van der Waals surface area contributed by atoms with E-state index in [0.717, 1.165) is 28.3 Å². The molecule has 2 heterocycles. The van der Waals surface area contributed by atoms with E-state index >= 15 is 0 Å². The Bertz CT molecular complexity index is 1020. The molecular weight excluding hydrogens is 366 g/mol. The largest absolute Gasteiger partial charge is 0.333 e. The molecule has 0 radical (unpaired) electrons. The first kappa shape index (κ1) is 19.1. The molecule has 2 aromatic carbocycles. The van der Waals surface area contributed by atoms with Crippen LogP contribution < -0.4 is 4.90 Å². The minimum atomic E-state index is -0.209. The Hall–Kier alpha value is -2.27. The van der Waals surface area contributed by atoms with Gasteiger partial charge in [0, 0.05) is 11.2 Å². The molecule has 3 aromatic rings. The molecule has 28 heavy (non-hydrogen) atoms. The molecule has 1 aromatic heterocycles. The molecule has 1 unspecified atom stereocenters. The Morgan fingerprint density at radius 1 is 1.25 bits per heavy atom. The van der Waals surface area contributed by atoms with Crippen molar-refractivity contribution in [1.82, 2.24) is 9.97 Å². The zero-order valence-electron chi connectivity index (χ0n) is 17.2. The predicted octanol–water partition coefficient (Wildman–Crippen LogP) is 5.59. The SMILES string of the molecule is Cc1cc2c(cc1C)N(C(=O)CSc1nc3ccccc3[nH]1)C(C)(C)CC2C. The third-order valence-corrected chi connectivity index (χ3v) is 6.63. The number of anilines is 1. The molecule has 1 atom stereocenters. The number of aromatic nitrogens is 2. The average Bonchev–Trinajstić information content (AvgIpc) is 3.04. The Morgan fingerprint density at radius 3 is 2.71 bits per heavy atom. The average molecular weight is 394 g/mol. The highest BCUT2D eigenvalue weighted by Crippen LogP contribution is 2.44. The number of carbonyl (C=O) groups excluding carboxylic acids is 1. The Morgan fingerprint density at radius 2 is 1.96 bits per heavy atom. The standard InChI is InChI=1S/C23H27N3OS/c1-14-10-17-16(3)12-23(4,5)26(20(17)11-15(14)2)21(27)13-28-22-24-18-8-6-7-9-19(18)25-22/h6-11,16H,12-13H2,1-5H3,(H,24,25). The van der Waals surface area contributed by atoms with E-state index in [4.69, 9.17) is 0 Å². The van der Waals surface area contributed by atoms with Gasteiger partial charge in [0.15, 0.2) is 5.16 Å². The van der Waals surface area contributed by atoms with Crippen LogP contribution in [0.5, 0.6) is 0 Å². The maximum atomic E-state index is 13.3. The van der Waals surface area contributed by atoms with Crippen LogP contribution in [0, 0.1) is 13.8 Å². The van der Waals surface area contributed by atoms with Gasteiger partial charge >= 0.3 is 0 Å². The van der Waals surface area contributed by atoms with E-state index in [1.165, 1.54) is 28.5 Å². The summed E-state index contributed by atoms with van der Waals surface area (Å²) < 4.78 is 0. The van der Waals surface area contributed by atoms with E-state index < -0.39 is 0 Å². The lowest BCUT2D eigenvalue weighted by molar-refractivity contribution is -0.117. The van der Waals surface area contributed by atoms with Crippen molar-refractivity contribution in [2.45, 2.75) is 57.7 Å². The van der Waals surface area contributed by atoms with Crippen molar-refractivity contribution in [3.05, 3.63) is 53.1 Å². The normalized spacial score (nSPS) is 18.3. The summed E-state index contributed by atoms with van der Waals surface area (Å²) in [4.78, 5) is 23.2. The third-order valence-electron chi connectivity index (χ3n) is 5.78. The number of imidazole rings is 1. The van der Waals surface area contributed by atoms with Crippen LogP contribution in [0.4, 0.5) is 5.69 Å². The summed E-state index contributed by atoms with van der Waals surface area (Å²) in [5.74, 6) is 0.938. The number of nitrogens with zero attached hydrogens (tertiary/aromatic N) is 2. The van der Waals surface area contributed by atoms with Crippen molar-refractivity contribution in [2.24, 2.45) is 0 Å². The minimum absolute atomic E-state index is 0.131. The molecule has 1 amide bonds. The summed E-state index contributed by atoms with van der Waals surface area (Å²) in [6.07, 6.45) is 0.962. The van der Waals surface area contributed by atoms with Crippen molar-refractivity contribution < 1.29 is 4.79 Å². The van der Waals surface area contributed by atoms with Gasteiger partial charge in [-0.3, -0.25) is 4.79 Å². The minimum Gasteiger partial charge on any atom is -0.333 e. The van der Waals surface area contributed by atoms with E-state index in [1.54, 1.807) is 0 Å². The van der Waals surface area contributed by atoms with Crippen LogP contribution in [-0.2, 0) is 4.79 Å². The van der Waals surface area contributed by atoms with Crippen LogP contribution in [0.2, 0.25) is 0 Å². The fraction of sp³-hybridized carbons (Fsp3) is 0.391. The van der Waals surface area contributed by atoms with Crippen molar-refractivity contribution in [3.63, 3.8) is 0 Å². The van der Waals surface area contributed by atoms with E-state index in [-0.39, 0.29) is 11.4 Å². The highest BCUT2D eigenvalue weighted by molar-refractivity contribution is 7.99. The number of hydrogen-bond acceptors (Lipinski definition) is 3. The summed E-state index contributed by atoms with van der Waals surface area (Å²) in [5.41, 5.74) is 6.59. The summed E-state index contributed by atoms with van der Waals surface area (Å²) in [6, 6.07) is 12.4. The van der Waals surface area contributed by atoms with Crippen LogP contribution in [0.15, 0.2) is 41.6 Å². The summed E-state index contributed by atoms with van der Waals surface area (Å²) in [6.45, 7) is 10.9. The highest BCUT2D eigenvalue weighted by atomic mass is 32.2. The first-order valence-corrected chi connectivity index (χ1v) is 10.8. The number of thioether (sulfide) groups is 1. The lowest BCUT2D eigenvalue weighted by atomic mass is 9.79. The van der Waals surface area contributed by atoms with Gasteiger partial charge in [0.05, 0.1) is 16.8 Å². The number of aryl methyl sites for hydroxylation is 2. The van der Waals surface area contributed by atoms with Crippen molar-refractivity contribution in [1.29, 1.82) is 0 Å². The summed E-state index contributed by atoms with van der Waals surface area (Å²) >= 11 is 1.47. The van der Waals surface area contributed by atoms with Crippen LogP contribution >= 0.6 is 11.8 Å². The molecule has 5 heteroatoms. The quantitative estimate of drug-likeness (QED) is 0.590. The zero-order chi connectivity index (χ0) is 20.1. The van der Waals surface area contributed by atoms with Gasteiger partial charge in [0.1, 0.15) is 0 Å². The van der Waals surface area contributed by atoms with Crippen molar-refractivity contribution in [2.75, 3.05) is 10.7 Å². The lowest BCUT2D eigenvalue weighted by Crippen LogP contribution is -2.52. The number of rotatable bonds is 3. The van der Waals surface area contributed by atoms with Crippen LogP contribution in [0.1, 0.15) is 49.8 Å². The Kier molecular flexibility index (Phi) is 4.74. The molecule has 1 N–H and O–H groups in total. The number of aromatic amines is 1. The molecule has 4 nitrogen and oxygen atoms in total. The number of fused-ring (bicyclic) bond motifs is 2. The van der Waals surface area contributed by atoms with Crippen LogP contribution in [0.3, 0.4) is 0 Å². The summed E-state index contributed by atoms with van der Waals surface area (Å²) in [7, 11) is 0. The molecule has 0 fully saturated rings. The first-order valence-electron chi connectivity index (χ1n) is 9.78. The molecule has 0 bridgehead atoms. The fourth-order valence-corrected chi connectivity index (χ4v) is 5.09. The van der Waals surface area contributed by atoms with Gasteiger partial charge in [-0.2, -0.15) is 0 Å². The Balaban J connectivity index is 1.62. The second-order valence-electron chi connectivity index (χ2n) is 8.49. The van der Waals surface area contributed by atoms with Crippen LogP contribution in [0.25, 0.3) is 11.0 Å². The third kappa shape index (κ3) is 3.32. The number of para-hydroxylation sites is 2. The molecule has 1 aliphatic rings. The second kappa shape index (κ2) is 6.96. The monoisotopic (exact) mass is 393 g/mol. The highest BCUT2D eigenvalue weighted by Gasteiger charge is 2.40. The van der Waals surface area contributed by atoms with Crippen molar-refractivity contribution in [3.8, 4) is 0 Å². The zero-order valence-corrected chi connectivity index (χ0v) is 18.0.